The van der Waals surface area contributed by atoms with Gasteiger partial charge in [0.1, 0.15) is 11.4 Å². The number of pyridine rings is 1. The fourth-order valence-electron chi connectivity index (χ4n) is 2.53. The van der Waals surface area contributed by atoms with Gasteiger partial charge < -0.3 is 15.3 Å². The van der Waals surface area contributed by atoms with E-state index in [-0.39, 0.29) is 5.56 Å². The number of nitrogens with zero attached hydrogens (tertiary/aromatic N) is 2. The van der Waals surface area contributed by atoms with E-state index in [9.17, 15) is 9.90 Å². The van der Waals surface area contributed by atoms with Crippen LogP contribution in [0.3, 0.4) is 0 Å². The fourth-order valence-corrected chi connectivity index (χ4v) is 2.86. The molecule has 0 bridgehead atoms. The number of carboxylic acids is 1. The van der Waals surface area contributed by atoms with Gasteiger partial charge in [-0.25, -0.2) is 9.78 Å². The predicted octanol–water partition coefficient (Wildman–Crippen LogP) is 2.83. The van der Waals surface area contributed by atoms with Crippen molar-refractivity contribution in [3.05, 3.63) is 22.3 Å². The zero-order chi connectivity index (χ0) is 14.5. The Kier molecular flexibility index (Phi) is 5.37. The number of rotatable bonds is 5. The molecule has 0 amide bonds. The molecule has 20 heavy (non-hydrogen) atoms. The Morgan fingerprint density at radius 3 is 2.85 bits per heavy atom. The van der Waals surface area contributed by atoms with Crippen molar-refractivity contribution in [1.82, 2.24) is 9.88 Å². The minimum absolute atomic E-state index is 0.218. The van der Waals surface area contributed by atoms with Crippen LogP contribution < -0.4 is 5.32 Å². The van der Waals surface area contributed by atoms with Gasteiger partial charge in [-0.3, -0.25) is 0 Å². The highest BCUT2D eigenvalue weighted by Crippen LogP contribution is 2.21. The van der Waals surface area contributed by atoms with Crippen molar-refractivity contribution < 1.29 is 9.90 Å². The first-order chi connectivity index (χ1) is 9.60. The van der Waals surface area contributed by atoms with Gasteiger partial charge in [0, 0.05) is 29.8 Å². The van der Waals surface area contributed by atoms with Gasteiger partial charge in [0.2, 0.25) is 0 Å². The van der Waals surface area contributed by atoms with Gasteiger partial charge in [-0.2, -0.15) is 0 Å². The summed E-state index contributed by atoms with van der Waals surface area (Å²) in [5.74, 6) is -0.487. The molecule has 0 aliphatic carbocycles. The van der Waals surface area contributed by atoms with Crippen LogP contribution in [-0.4, -0.2) is 46.6 Å². The van der Waals surface area contributed by atoms with Gasteiger partial charge >= 0.3 is 5.97 Å². The van der Waals surface area contributed by atoms with Crippen LogP contribution in [0.25, 0.3) is 0 Å². The lowest BCUT2D eigenvalue weighted by Gasteiger charge is -2.32. The summed E-state index contributed by atoms with van der Waals surface area (Å²) >= 11 is 3.25. The Labute approximate surface area is 127 Å². The van der Waals surface area contributed by atoms with Crippen molar-refractivity contribution in [1.29, 1.82) is 0 Å². The lowest BCUT2D eigenvalue weighted by molar-refractivity contribution is 0.0697. The van der Waals surface area contributed by atoms with Crippen LogP contribution in [0.15, 0.2) is 16.7 Å². The summed E-state index contributed by atoms with van der Waals surface area (Å²) in [6.07, 6.45) is 4.85. The number of hydrogen-bond acceptors (Lipinski definition) is 4. The summed E-state index contributed by atoms with van der Waals surface area (Å²) in [7, 11) is 0. The van der Waals surface area contributed by atoms with Crippen LogP contribution in [0.2, 0.25) is 0 Å². The van der Waals surface area contributed by atoms with Gasteiger partial charge in [-0.1, -0.05) is 6.92 Å². The van der Waals surface area contributed by atoms with E-state index >= 15 is 0 Å². The highest BCUT2D eigenvalue weighted by atomic mass is 79.9. The highest BCUT2D eigenvalue weighted by molar-refractivity contribution is 9.10. The van der Waals surface area contributed by atoms with Crippen molar-refractivity contribution in [3.8, 4) is 0 Å². The SMILES string of the molecule is CCCN1CCC(Nc2ncc(Br)cc2C(=O)O)CC1. The maximum atomic E-state index is 11.2. The topological polar surface area (TPSA) is 65.5 Å². The van der Waals surface area contributed by atoms with Gasteiger partial charge in [0.15, 0.2) is 0 Å². The molecule has 0 aromatic carbocycles. The molecule has 6 heteroatoms. The predicted molar refractivity (Wildman–Crippen MR) is 82.3 cm³/mol. The van der Waals surface area contributed by atoms with E-state index in [1.807, 2.05) is 0 Å². The number of carbonyl (C=O) groups is 1. The second kappa shape index (κ2) is 7.04. The van der Waals surface area contributed by atoms with Crippen molar-refractivity contribution in [2.75, 3.05) is 25.0 Å². The molecule has 1 aliphatic heterocycles. The maximum absolute atomic E-state index is 11.2. The first-order valence-corrected chi connectivity index (χ1v) is 7.77. The van der Waals surface area contributed by atoms with E-state index in [1.54, 1.807) is 12.3 Å². The Hall–Kier alpha value is -1.14. The Bertz CT molecular complexity index is 473. The molecule has 1 aliphatic rings. The Morgan fingerprint density at radius 2 is 2.25 bits per heavy atom. The molecule has 1 aromatic heterocycles. The molecule has 2 heterocycles. The molecule has 2 N–H and O–H groups in total. The second-order valence-corrected chi connectivity index (χ2v) is 6.03. The zero-order valence-electron chi connectivity index (χ0n) is 11.6. The number of hydrogen-bond donors (Lipinski definition) is 2. The van der Waals surface area contributed by atoms with E-state index in [0.29, 0.717) is 16.3 Å². The Balaban J connectivity index is 1.99. The van der Waals surface area contributed by atoms with Gasteiger partial charge in [-0.15, -0.1) is 0 Å². The van der Waals surface area contributed by atoms with E-state index in [1.165, 1.54) is 6.42 Å². The molecule has 2 rings (SSSR count). The first-order valence-electron chi connectivity index (χ1n) is 6.98. The molecule has 5 nitrogen and oxygen atoms in total. The fraction of sp³-hybridized carbons (Fsp3) is 0.571. The van der Waals surface area contributed by atoms with E-state index in [0.717, 1.165) is 32.5 Å². The number of aromatic nitrogens is 1. The minimum atomic E-state index is -0.954. The van der Waals surface area contributed by atoms with Crippen LogP contribution in [0, 0.1) is 0 Å². The van der Waals surface area contributed by atoms with Crippen LogP contribution in [-0.2, 0) is 0 Å². The molecule has 1 fully saturated rings. The average molecular weight is 342 g/mol. The number of aromatic carboxylic acids is 1. The van der Waals surface area contributed by atoms with Crippen molar-refractivity contribution in [3.63, 3.8) is 0 Å². The summed E-state index contributed by atoms with van der Waals surface area (Å²) in [6.45, 7) is 5.45. The van der Waals surface area contributed by atoms with Gasteiger partial charge in [0.25, 0.3) is 0 Å². The maximum Gasteiger partial charge on any atom is 0.339 e. The van der Waals surface area contributed by atoms with Crippen LogP contribution in [0.4, 0.5) is 5.82 Å². The zero-order valence-corrected chi connectivity index (χ0v) is 13.2. The van der Waals surface area contributed by atoms with Crippen LogP contribution in [0.5, 0.6) is 0 Å². The summed E-state index contributed by atoms with van der Waals surface area (Å²) in [6, 6.07) is 1.89. The molecular weight excluding hydrogens is 322 g/mol. The third-order valence-corrected chi connectivity index (χ3v) is 3.99. The Morgan fingerprint density at radius 1 is 1.55 bits per heavy atom. The van der Waals surface area contributed by atoms with Crippen LogP contribution in [0.1, 0.15) is 36.5 Å². The monoisotopic (exact) mass is 341 g/mol. The normalized spacial score (nSPS) is 17.1. The molecule has 1 saturated heterocycles. The standard InChI is InChI=1S/C14H20BrN3O2/c1-2-5-18-6-3-11(4-7-18)17-13-12(14(19)20)8-10(15)9-16-13/h8-9,11H,2-7H2,1H3,(H,16,17)(H,19,20). The summed E-state index contributed by atoms with van der Waals surface area (Å²) in [5, 5.41) is 12.5. The molecule has 0 unspecified atom stereocenters. The van der Waals surface area contributed by atoms with Crippen molar-refractivity contribution in [2.45, 2.75) is 32.2 Å². The highest BCUT2D eigenvalue weighted by Gasteiger charge is 2.21. The number of likely N-dealkylation sites (tertiary alicyclic amines) is 1. The third-order valence-electron chi connectivity index (χ3n) is 3.55. The lowest BCUT2D eigenvalue weighted by atomic mass is 10.0. The summed E-state index contributed by atoms with van der Waals surface area (Å²) in [4.78, 5) is 17.9. The molecule has 1 aromatic rings. The molecular formula is C14H20BrN3O2. The summed E-state index contributed by atoms with van der Waals surface area (Å²) < 4.78 is 0.679. The third kappa shape index (κ3) is 3.93. The number of anilines is 1. The second-order valence-electron chi connectivity index (χ2n) is 5.12. The first kappa shape index (κ1) is 15.3. The molecule has 110 valence electrons. The van der Waals surface area contributed by atoms with Gasteiger partial charge in [-0.05, 0) is 47.8 Å². The van der Waals surface area contributed by atoms with E-state index in [4.69, 9.17) is 0 Å². The molecule has 0 saturated carbocycles. The quantitative estimate of drug-likeness (QED) is 0.861. The number of nitrogens with one attached hydrogen (secondary N) is 1. The largest absolute Gasteiger partial charge is 0.478 e. The van der Waals surface area contributed by atoms with Crippen molar-refractivity contribution in [2.24, 2.45) is 0 Å². The molecule has 0 atom stereocenters. The summed E-state index contributed by atoms with van der Waals surface area (Å²) in [5.41, 5.74) is 0.218. The number of carboxylic acid groups (broad SMARTS) is 1. The minimum Gasteiger partial charge on any atom is -0.478 e. The molecule has 0 radical (unpaired) electrons. The number of halogens is 1. The van der Waals surface area contributed by atoms with Crippen LogP contribution >= 0.6 is 15.9 Å². The average Bonchev–Trinajstić information content (AvgIpc) is 2.43. The van der Waals surface area contributed by atoms with Crippen molar-refractivity contribution >= 4 is 27.7 Å². The smallest absolute Gasteiger partial charge is 0.339 e. The van der Waals surface area contributed by atoms with Gasteiger partial charge in [0.05, 0.1) is 0 Å². The van der Waals surface area contributed by atoms with E-state index < -0.39 is 5.97 Å². The lowest BCUT2D eigenvalue weighted by Crippen LogP contribution is -2.39. The number of piperidine rings is 1. The van der Waals surface area contributed by atoms with E-state index in [2.05, 4.69) is 38.1 Å². The molecule has 0 spiro atoms.